The van der Waals surface area contributed by atoms with Gasteiger partial charge in [-0.3, -0.25) is 0 Å². The molecular formula is C46H54SiZr. The zero-order valence-corrected chi connectivity index (χ0v) is 33.8. The number of aryl methyl sites for hydroxylation is 2. The van der Waals surface area contributed by atoms with Crippen molar-refractivity contribution in [2.75, 3.05) is 0 Å². The van der Waals surface area contributed by atoms with Crippen molar-refractivity contribution < 1.29 is 23.2 Å². The van der Waals surface area contributed by atoms with E-state index in [2.05, 4.69) is 126 Å². The molecule has 4 aromatic rings. The van der Waals surface area contributed by atoms with Crippen LogP contribution in [-0.2, 0) is 36.1 Å². The van der Waals surface area contributed by atoms with E-state index >= 15 is 0 Å². The molecule has 4 aromatic carbocycles. The van der Waals surface area contributed by atoms with Crippen LogP contribution in [0.25, 0.3) is 32.6 Å². The first-order chi connectivity index (χ1) is 23.4. The van der Waals surface area contributed by atoms with E-state index in [0.717, 1.165) is 0 Å². The molecule has 0 saturated heterocycles. The fourth-order valence-corrected chi connectivity index (χ4v) is 20.0. The molecule has 2 atom stereocenters. The van der Waals surface area contributed by atoms with Gasteiger partial charge in [-0.15, -0.1) is 0 Å². The Balaban J connectivity index is 1.35. The van der Waals surface area contributed by atoms with Crippen molar-refractivity contribution in [2.45, 2.75) is 112 Å². The third-order valence-electron chi connectivity index (χ3n) is 11.7. The van der Waals surface area contributed by atoms with Gasteiger partial charge in [-0.25, -0.2) is 0 Å². The first-order valence-electron chi connectivity index (χ1n) is 19.1. The normalized spacial score (nSPS) is 18.8. The average Bonchev–Trinajstić information content (AvgIpc) is 3.63. The molecular weight excluding hydrogens is 672 g/mol. The van der Waals surface area contributed by atoms with Gasteiger partial charge in [-0.1, -0.05) is 13.8 Å². The monoisotopic (exact) mass is 724 g/mol. The summed E-state index contributed by atoms with van der Waals surface area (Å²) in [6.45, 7) is 15.0. The molecule has 1 heterocycles. The number of hydrogen-bond donors (Lipinski definition) is 0. The third-order valence-corrected chi connectivity index (χ3v) is 20.2. The van der Waals surface area contributed by atoms with Crippen molar-refractivity contribution in [3.8, 4) is 22.3 Å². The molecule has 0 amide bonds. The Kier molecular flexibility index (Phi) is 10.2. The average molecular weight is 726 g/mol. The van der Waals surface area contributed by atoms with Crippen molar-refractivity contribution in [3.63, 3.8) is 0 Å². The molecule has 0 fully saturated rings. The van der Waals surface area contributed by atoms with Gasteiger partial charge >= 0.3 is 292 Å². The fourth-order valence-electron chi connectivity index (χ4n) is 9.37. The molecule has 7 rings (SSSR count). The van der Waals surface area contributed by atoms with Crippen LogP contribution < -0.4 is 0 Å². The van der Waals surface area contributed by atoms with Gasteiger partial charge < -0.3 is 0 Å². The first kappa shape index (κ1) is 33.9. The zero-order valence-electron chi connectivity index (χ0n) is 30.3. The summed E-state index contributed by atoms with van der Waals surface area (Å²) in [5.41, 5.74) is 19.0. The Morgan fingerprint density at radius 3 is 1.31 bits per heavy atom. The molecule has 0 aromatic heterocycles. The van der Waals surface area contributed by atoms with E-state index in [1.807, 2.05) is 11.1 Å². The number of allylic oxidation sites excluding steroid dienone is 2. The van der Waals surface area contributed by atoms with Crippen molar-refractivity contribution in [1.29, 1.82) is 0 Å². The van der Waals surface area contributed by atoms with Crippen molar-refractivity contribution >= 4 is 18.5 Å². The number of rotatable bonds is 12. The summed E-state index contributed by atoms with van der Waals surface area (Å²) < 4.78 is 1.35. The SMILES string of the molecule is CCCCCc1ccc(-c2cccc3c2C2=C(CC)[CH]3[Zr][CH]3C(CC)=C(c4c(-c5ccc(CCCCC)cc5)cccc43)[Si]2(C)C)cc1. The van der Waals surface area contributed by atoms with Gasteiger partial charge in [0, 0.05) is 0 Å². The van der Waals surface area contributed by atoms with Gasteiger partial charge in [0.05, 0.1) is 0 Å². The Morgan fingerprint density at radius 1 is 0.521 bits per heavy atom. The van der Waals surface area contributed by atoms with Crippen LogP contribution in [-0.4, -0.2) is 8.07 Å². The van der Waals surface area contributed by atoms with Crippen LogP contribution in [0.4, 0.5) is 0 Å². The summed E-state index contributed by atoms with van der Waals surface area (Å²) in [5, 5.41) is 3.59. The quantitative estimate of drug-likeness (QED) is 0.101. The molecule has 4 bridgehead atoms. The van der Waals surface area contributed by atoms with Crippen molar-refractivity contribution in [3.05, 3.63) is 129 Å². The Hall–Kier alpha value is -2.54. The number of hydrogen-bond acceptors (Lipinski definition) is 0. The minimum atomic E-state index is -2.13. The number of benzene rings is 4. The molecule has 0 N–H and O–H groups in total. The van der Waals surface area contributed by atoms with Crippen LogP contribution in [0.15, 0.2) is 96.1 Å². The van der Waals surface area contributed by atoms with Crippen molar-refractivity contribution in [2.24, 2.45) is 0 Å². The van der Waals surface area contributed by atoms with Crippen LogP contribution >= 0.6 is 0 Å². The predicted molar refractivity (Wildman–Crippen MR) is 208 cm³/mol. The summed E-state index contributed by atoms with van der Waals surface area (Å²) >= 11 is -0.932. The molecule has 246 valence electrons. The zero-order chi connectivity index (χ0) is 33.4. The minimum absolute atomic E-state index is 0.675. The van der Waals surface area contributed by atoms with Gasteiger partial charge in [-0.2, -0.15) is 0 Å². The fraction of sp³-hybridized carbons (Fsp3) is 0.391. The molecule has 3 aliphatic rings. The second-order valence-electron chi connectivity index (χ2n) is 15.0. The third kappa shape index (κ3) is 5.88. The van der Waals surface area contributed by atoms with E-state index in [0.29, 0.717) is 7.25 Å². The van der Waals surface area contributed by atoms with E-state index < -0.39 is 31.3 Å². The summed E-state index contributed by atoms with van der Waals surface area (Å²) in [4.78, 5) is 0. The predicted octanol–water partition coefficient (Wildman–Crippen LogP) is 13.5. The van der Waals surface area contributed by atoms with Gasteiger partial charge in [0.15, 0.2) is 0 Å². The second-order valence-corrected chi connectivity index (χ2v) is 22.9. The second kappa shape index (κ2) is 14.4. The van der Waals surface area contributed by atoms with Crippen LogP contribution in [0.2, 0.25) is 13.1 Å². The van der Waals surface area contributed by atoms with Crippen LogP contribution in [0.5, 0.6) is 0 Å². The molecule has 0 radical (unpaired) electrons. The molecule has 2 aliphatic carbocycles. The molecule has 2 heteroatoms. The topological polar surface area (TPSA) is 0 Å². The Labute approximate surface area is 303 Å². The molecule has 2 unspecified atom stereocenters. The van der Waals surface area contributed by atoms with Gasteiger partial charge in [0.25, 0.3) is 0 Å². The van der Waals surface area contributed by atoms with Crippen LogP contribution in [0.1, 0.15) is 120 Å². The molecule has 0 spiro atoms. The number of fused-ring (bicyclic) bond motifs is 8. The summed E-state index contributed by atoms with van der Waals surface area (Å²) in [6, 6.07) is 34.1. The first-order valence-corrected chi connectivity index (χ1v) is 24.9. The molecule has 0 saturated carbocycles. The van der Waals surface area contributed by atoms with E-state index in [1.54, 1.807) is 32.6 Å². The van der Waals surface area contributed by atoms with Crippen LogP contribution in [0, 0.1) is 0 Å². The maximum absolute atomic E-state index is 2.72. The Morgan fingerprint density at radius 2 is 0.938 bits per heavy atom. The molecule has 0 nitrogen and oxygen atoms in total. The Bertz CT molecular complexity index is 1720. The van der Waals surface area contributed by atoms with Crippen molar-refractivity contribution in [1.82, 2.24) is 0 Å². The van der Waals surface area contributed by atoms with E-state index in [4.69, 9.17) is 0 Å². The summed E-state index contributed by atoms with van der Waals surface area (Å²) in [7, 11) is -2.13. The summed E-state index contributed by atoms with van der Waals surface area (Å²) in [5.74, 6) is 0. The van der Waals surface area contributed by atoms with Gasteiger partial charge in [0.1, 0.15) is 0 Å². The molecule has 48 heavy (non-hydrogen) atoms. The summed E-state index contributed by atoms with van der Waals surface area (Å²) in [6.07, 6.45) is 12.5. The van der Waals surface area contributed by atoms with Gasteiger partial charge in [0.2, 0.25) is 0 Å². The van der Waals surface area contributed by atoms with E-state index in [1.165, 1.54) is 97.6 Å². The van der Waals surface area contributed by atoms with E-state index in [9.17, 15) is 0 Å². The van der Waals surface area contributed by atoms with E-state index in [-0.39, 0.29) is 0 Å². The van der Waals surface area contributed by atoms with Crippen LogP contribution in [0.3, 0.4) is 0 Å². The number of unbranched alkanes of at least 4 members (excludes halogenated alkanes) is 4. The molecule has 1 aliphatic heterocycles. The standard InChI is InChI=1S/C46H54Si.Zr/c1-7-11-13-17-33-23-27-37(28-24-33)41-21-15-19-39-31-35(9-3)45(43(39)41)47(5,6)46-36(10-4)32-40-20-16-22-42(44(40)46)38-29-25-34(26-30-38)18-14-12-8-2;/h15-16,19-32H,7-14,17-18H2,1-6H3;. The van der Waals surface area contributed by atoms with Gasteiger partial charge in [-0.05, 0) is 0 Å². The maximum atomic E-state index is 2.72.